The van der Waals surface area contributed by atoms with E-state index in [0.29, 0.717) is 22.5 Å². The van der Waals surface area contributed by atoms with Crippen LogP contribution in [0.3, 0.4) is 0 Å². The molecular formula is C12H7ClF3NO2. The summed E-state index contributed by atoms with van der Waals surface area (Å²) in [4.78, 5) is 10.9. The van der Waals surface area contributed by atoms with Crippen LogP contribution in [-0.4, -0.2) is 12.0 Å². The summed E-state index contributed by atoms with van der Waals surface area (Å²) in [5.41, 5.74) is 0.335. The van der Waals surface area contributed by atoms with Gasteiger partial charge in [-0.2, -0.15) is 13.2 Å². The zero-order valence-corrected chi connectivity index (χ0v) is 10.0. The Bertz CT molecular complexity index is 579. The van der Waals surface area contributed by atoms with Crippen molar-refractivity contribution < 1.29 is 22.7 Å². The summed E-state index contributed by atoms with van der Waals surface area (Å²) in [6, 6.07) is 4.62. The number of carbonyl (C=O) groups excluding carboxylic acids is 1. The van der Waals surface area contributed by atoms with Crippen molar-refractivity contribution in [1.29, 1.82) is 0 Å². The minimum atomic E-state index is -4.91. The van der Waals surface area contributed by atoms with Gasteiger partial charge in [0.1, 0.15) is 5.75 Å². The van der Waals surface area contributed by atoms with Gasteiger partial charge in [-0.1, -0.05) is 11.6 Å². The van der Waals surface area contributed by atoms with E-state index in [1.807, 2.05) is 0 Å². The third-order valence-corrected chi connectivity index (χ3v) is 2.46. The van der Waals surface area contributed by atoms with Gasteiger partial charge in [-0.3, -0.25) is 4.79 Å². The van der Waals surface area contributed by atoms with Crippen LogP contribution in [0.25, 0.3) is 0 Å². The van der Waals surface area contributed by atoms with Gasteiger partial charge in [0.15, 0.2) is 0 Å². The Hall–Kier alpha value is -1.95. The molecule has 7 heteroatoms. The van der Waals surface area contributed by atoms with E-state index in [-0.39, 0.29) is 5.70 Å². The number of rotatable bonds is 1. The van der Waals surface area contributed by atoms with E-state index in [9.17, 15) is 18.0 Å². The number of ether oxygens (including phenoxy) is 1. The van der Waals surface area contributed by atoms with Crippen LogP contribution < -0.4 is 10.1 Å². The minimum Gasteiger partial charge on any atom is -0.463 e. The van der Waals surface area contributed by atoms with Crippen molar-refractivity contribution in [3.63, 3.8) is 0 Å². The highest BCUT2D eigenvalue weighted by Crippen LogP contribution is 2.31. The largest absolute Gasteiger partial charge is 0.463 e. The smallest absolute Gasteiger partial charge is 0.454 e. The summed E-state index contributed by atoms with van der Waals surface area (Å²) in [5.74, 6) is -1.56. The molecule has 100 valence electrons. The molecule has 0 aromatic heterocycles. The van der Waals surface area contributed by atoms with E-state index < -0.39 is 12.0 Å². The molecule has 0 saturated heterocycles. The number of anilines is 1. The Morgan fingerprint density at radius 2 is 2.11 bits per heavy atom. The van der Waals surface area contributed by atoms with Crippen molar-refractivity contribution >= 4 is 23.1 Å². The molecule has 3 nitrogen and oxygen atoms in total. The minimum absolute atomic E-state index is 0.0386. The summed E-state index contributed by atoms with van der Waals surface area (Å²) in [6.07, 6.45) is -2.05. The fraction of sp³-hybridized carbons (Fsp3) is 0.0833. The number of halogens is 4. The number of benzene rings is 1. The fourth-order valence-electron chi connectivity index (χ4n) is 1.39. The van der Waals surface area contributed by atoms with Gasteiger partial charge < -0.3 is 10.1 Å². The highest BCUT2D eigenvalue weighted by atomic mass is 35.5. The molecule has 0 saturated carbocycles. The highest BCUT2D eigenvalue weighted by Gasteiger charge is 2.36. The molecule has 1 N–H and O–H groups in total. The second-order valence-corrected chi connectivity index (χ2v) is 4.08. The number of allylic oxidation sites excluding steroid dienone is 2. The highest BCUT2D eigenvalue weighted by molar-refractivity contribution is 6.31. The molecule has 0 radical (unpaired) electrons. The van der Waals surface area contributed by atoms with Gasteiger partial charge in [-0.15, -0.1) is 0 Å². The molecule has 0 unspecified atom stereocenters. The molecule has 2 rings (SSSR count). The quantitative estimate of drug-likeness (QED) is 0.802. The summed E-state index contributed by atoms with van der Waals surface area (Å²) >= 11 is 5.77. The molecule has 1 aliphatic rings. The number of hydrogen-bond acceptors (Lipinski definition) is 3. The van der Waals surface area contributed by atoms with Gasteiger partial charge in [-0.05, 0) is 24.3 Å². The van der Waals surface area contributed by atoms with E-state index in [0.717, 1.165) is 0 Å². The normalized spacial score (nSPS) is 16.3. The first kappa shape index (κ1) is 13.5. The van der Waals surface area contributed by atoms with Gasteiger partial charge in [0.05, 0.1) is 11.9 Å². The summed E-state index contributed by atoms with van der Waals surface area (Å²) in [6.45, 7) is 0. The number of nitrogens with one attached hydrogen (secondary N) is 1. The fourth-order valence-corrected chi connectivity index (χ4v) is 1.56. The number of ketones is 1. The summed E-state index contributed by atoms with van der Waals surface area (Å²) in [5, 5.41) is 3.03. The van der Waals surface area contributed by atoms with Crippen molar-refractivity contribution in [2.75, 3.05) is 5.32 Å². The van der Waals surface area contributed by atoms with E-state index in [2.05, 4.69) is 5.32 Å². The second-order valence-electron chi connectivity index (χ2n) is 3.65. The predicted octanol–water partition coefficient (Wildman–Crippen LogP) is 3.67. The summed E-state index contributed by atoms with van der Waals surface area (Å²) in [7, 11) is 0. The van der Waals surface area contributed by atoms with Crippen LogP contribution in [-0.2, 0) is 4.79 Å². The van der Waals surface area contributed by atoms with Crippen molar-refractivity contribution in [3.8, 4) is 5.75 Å². The van der Waals surface area contributed by atoms with Gasteiger partial charge in [0.2, 0.25) is 0 Å². The standard InChI is InChI=1S/C12H7ClF3NO2/c13-7-1-2-10-9(5-7)17-8(3-4-19-10)6-11(18)12(14,15)16/h1-6,17H/b8-6+. The maximum atomic E-state index is 12.2. The molecule has 0 amide bonds. The van der Waals surface area contributed by atoms with Crippen LogP contribution >= 0.6 is 11.6 Å². The number of hydrogen-bond donors (Lipinski definition) is 1. The Morgan fingerprint density at radius 3 is 2.79 bits per heavy atom. The number of fused-ring (bicyclic) bond motifs is 1. The Kier molecular flexibility index (Phi) is 3.53. The molecule has 1 aliphatic heterocycles. The van der Waals surface area contributed by atoms with Crippen LogP contribution in [0, 0.1) is 0 Å². The zero-order chi connectivity index (χ0) is 14.0. The van der Waals surface area contributed by atoms with Gasteiger partial charge >= 0.3 is 6.18 Å². The van der Waals surface area contributed by atoms with Gasteiger partial charge in [0, 0.05) is 16.8 Å². The predicted molar refractivity (Wildman–Crippen MR) is 64.0 cm³/mol. The van der Waals surface area contributed by atoms with E-state index in [1.54, 1.807) is 12.1 Å². The Labute approximate surface area is 111 Å². The average molecular weight is 290 g/mol. The van der Waals surface area contributed by atoms with Crippen molar-refractivity contribution in [1.82, 2.24) is 0 Å². The third kappa shape index (κ3) is 3.29. The van der Waals surface area contributed by atoms with Crippen LogP contribution in [0.5, 0.6) is 5.75 Å². The molecule has 1 aromatic rings. The van der Waals surface area contributed by atoms with Gasteiger partial charge in [0.25, 0.3) is 5.78 Å². The Balaban J connectivity index is 2.31. The van der Waals surface area contributed by atoms with Crippen LogP contribution in [0.4, 0.5) is 18.9 Å². The molecule has 1 aromatic carbocycles. The maximum absolute atomic E-state index is 12.2. The zero-order valence-electron chi connectivity index (χ0n) is 9.29. The third-order valence-electron chi connectivity index (χ3n) is 2.23. The average Bonchev–Trinajstić information content (AvgIpc) is 2.48. The second kappa shape index (κ2) is 4.97. The molecule has 0 spiro atoms. The van der Waals surface area contributed by atoms with E-state index in [4.69, 9.17) is 16.3 Å². The van der Waals surface area contributed by atoms with Crippen molar-refractivity contribution in [2.24, 2.45) is 0 Å². The first-order chi connectivity index (χ1) is 8.86. The van der Waals surface area contributed by atoms with E-state index >= 15 is 0 Å². The molecule has 19 heavy (non-hydrogen) atoms. The molecule has 0 fully saturated rings. The number of carbonyl (C=O) groups is 1. The first-order valence-corrected chi connectivity index (χ1v) is 5.47. The first-order valence-electron chi connectivity index (χ1n) is 5.09. The summed E-state index contributed by atoms with van der Waals surface area (Å²) < 4.78 is 41.7. The lowest BCUT2D eigenvalue weighted by Gasteiger charge is -2.09. The lowest BCUT2D eigenvalue weighted by molar-refractivity contribution is -0.165. The van der Waals surface area contributed by atoms with Crippen molar-refractivity contribution in [3.05, 3.63) is 47.3 Å². The SMILES string of the molecule is O=C(/C=C1\C=COc2ccc(Cl)cc2N1)C(F)(F)F. The lowest BCUT2D eigenvalue weighted by Crippen LogP contribution is -2.21. The molecular weight excluding hydrogens is 283 g/mol. The molecule has 0 bridgehead atoms. The van der Waals surface area contributed by atoms with Crippen LogP contribution in [0.2, 0.25) is 5.02 Å². The Morgan fingerprint density at radius 1 is 1.37 bits per heavy atom. The molecule has 0 aliphatic carbocycles. The van der Waals surface area contributed by atoms with Crippen LogP contribution in [0.1, 0.15) is 0 Å². The maximum Gasteiger partial charge on any atom is 0.454 e. The molecule has 0 atom stereocenters. The monoisotopic (exact) mass is 289 g/mol. The van der Waals surface area contributed by atoms with Crippen molar-refractivity contribution in [2.45, 2.75) is 6.18 Å². The lowest BCUT2D eigenvalue weighted by atomic mass is 10.2. The van der Waals surface area contributed by atoms with Crippen LogP contribution in [0.15, 0.2) is 42.3 Å². The molecule has 1 heterocycles. The number of alkyl halides is 3. The van der Waals surface area contributed by atoms with E-state index in [1.165, 1.54) is 18.4 Å². The topological polar surface area (TPSA) is 38.3 Å². The van der Waals surface area contributed by atoms with Gasteiger partial charge in [-0.25, -0.2) is 0 Å².